The number of amides is 1. The van der Waals surface area contributed by atoms with Crippen LogP contribution in [-0.4, -0.2) is 25.3 Å². The van der Waals surface area contributed by atoms with E-state index in [-0.39, 0.29) is 5.91 Å². The first-order valence-electron chi connectivity index (χ1n) is 9.11. The molecule has 1 amide bonds. The summed E-state index contributed by atoms with van der Waals surface area (Å²) in [7, 11) is 0. The lowest BCUT2D eigenvalue weighted by Gasteiger charge is -2.08. The highest BCUT2D eigenvalue weighted by molar-refractivity contribution is 5.75. The average molecular weight is 312 g/mol. The number of hydrogen-bond acceptors (Lipinski definition) is 3. The fourth-order valence-electron chi connectivity index (χ4n) is 2.45. The van der Waals surface area contributed by atoms with E-state index < -0.39 is 0 Å². The van der Waals surface area contributed by atoms with Gasteiger partial charge in [0, 0.05) is 19.4 Å². The SMILES string of the molecule is CC(CN)CCCCCCNC(=O)CCCCCCCC=O. The maximum atomic E-state index is 11.6. The highest BCUT2D eigenvalue weighted by Gasteiger charge is 2.01. The molecule has 4 nitrogen and oxygen atoms in total. The van der Waals surface area contributed by atoms with E-state index in [1.807, 2.05) is 0 Å². The summed E-state index contributed by atoms with van der Waals surface area (Å²) in [6.07, 6.45) is 13.5. The molecule has 0 heterocycles. The molecule has 1 atom stereocenters. The first kappa shape index (κ1) is 21.1. The van der Waals surface area contributed by atoms with E-state index in [0.29, 0.717) is 18.8 Å². The fourth-order valence-corrected chi connectivity index (χ4v) is 2.45. The van der Waals surface area contributed by atoms with Crippen LogP contribution in [-0.2, 0) is 9.59 Å². The summed E-state index contributed by atoms with van der Waals surface area (Å²) in [5.41, 5.74) is 5.59. The molecule has 0 aromatic carbocycles. The van der Waals surface area contributed by atoms with Crippen LogP contribution in [0.3, 0.4) is 0 Å². The van der Waals surface area contributed by atoms with Crippen molar-refractivity contribution in [1.29, 1.82) is 0 Å². The molecule has 130 valence electrons. The number of carbonyl (C=O) groups is 2. The van der Waals surface area contributed by atoms with Crippen molar-refractivity contribution >= 4 is 12.2 Å². The number of nitrogens with one attached hydrogen (secondary N) is 1. The zero-order valence-electron chi connectivity index (χ0n) is 14.4. The third kappa shape index (κ3) is 15.5. The first-order chi connectivity index (χ1) is 10.7. The number of rotatable bonds is 16. The van der Waals surface area contributed by atoms with Gasteiger partial charge in [-0.25, -0.2) is 0 Å². The van der Waals surface area contributed by atoms with Gasteiger partial charge >= 0.3 is 0 Å². The molecule has 0 aliphatic heterocycles. The van der Waals surface area contributed by atoms with E-state index in [1.54, 1.807) is 0 Å². The number of unbranched alkanes of at least 4 members (excludes halogenated alkanes) is 8. The Balaban J connectivity index is 3.21. The van der Waals surface area contributed by atoms with E-state index in [1.165, 1.54) is 25.7 Å². The lowest BCUT2D eigenvalue weighted by molar-refractivity contribution is -0.121. The Hall–Kier alpha value is -0.900. The molecule has 0 radical (unpaired) electrons. The molecular formula is C18H36N2O2. The standard InChI is InChI=1S/C18H36N2O2/c1-17(16-19)12-8-5-6-10-14-20-18(22)13-9-4-2-3-7-11-15-21/h15,17H,2-14,16,19H2,1H3,(H,20,22). The molecule has 0 aliphatic carbocycles. The molecule has 0 fully saturated rings. The highest BCUT2D eigenvalue weighted by Crippen LogP contribution is 2.09. The van der Waals surface area contributed by atoms with Crippen molar-refractivity contribution < 1.29 is 9.59 Å². The van der Waals surface area contributed by atoms with Gasteiger partial charge < -0.3 is 15.8 Å². The molecule has 4 heteroatoms. The number of hydrogen-bond donors (Lipinski definition) is 2. The van der Waals surface area contributed by atoms with Gasteiger partial charge in [-0.05, 0) is 38.1 Å². The van der Waals surface area contributed by atoms with Crippen LogP contribution in [0.25, 0.3) is 0 Å². The van der Waals surface area contributed by atoms with Crippen molar-refractivity contribution in [2.75, 3.05) is 13.1 Å². The van der Waals surface area contributed by atoms with Gasteiger partial charge in [0.05, 0.1) is 0 Å². The van der Waals surface area contributed by atoms with Gasteiger partial charge in [-0.3, -0.25) is 4.79 Å². The smallest absolute Gasteiger partial charge is 0.219 e. The van der Waals surface area contributed by atoms with Crippen LogP contribution in [0, 0.1) is 5.92 Å². The molecular weight excluding hydrogens is 276 g/mol. The minimum atomic E-state index is 0.185. The second-order valence-corrected chi connectivity index (χ2v) is 6.37. The molecule has 0 spiro atoms. The molecule has 0 bridgehead atoms. The Labute approximate surface area is 136 Å². The van der Waals surface area contributed by atoms with Gasteiger partial charge in [0.15, 0.2) is 0 Å². The summed E-state index contributed by atoms with van der Waals surface area (Å²) in [5.74, 6) is 0.822. The monoisotopic (exact) mass is 312 g/mol. The van der Waals surface area contributed by atoms with Crippen LogP contribution in [0.2, 0.25) is 0 Å². The first-order valence-corrected chi connectivity index (χ1v) is 9.11. The van der Waals surface area contributed by atoms with Crippen molar-refractivity contribution in [2.24, 2.45) is 11.7 Å². The van der Waals surface area contributed by atoms with E-state index in [0.717, 1.165) is 57.9 Å². The molecule has 0 saturated heterocycles. The summed E-state index contributed by atoms with van der Waals surface area (Å²) in [5, 5.41) is 3.00. The van der Waals surface area contributed by atoms with Crippen LogP contribution in [0.15, 0.2) is 0 Å². The maximum Gasteiger partial charge on any atom is 0.219 e. The minimum Gasteiger partial charge on any atom is -0.356 e. The van der Waals surface area contributed by atoms with Crippen molar-refractivity contribution in [2.45, 2.75) is 84.0 Å². The van der Waals surface area contributed by atoms with E-state index in [4.69, 9.17) is 5.73 Å². The number of carbonyl (C=O) groups excluding carboxylic acids is 2. The molecule has 3 N–H and O–H groups in total. The maximum absolute atomic E-state index is 11.6. The molecule has 0 saturated carbocycles. The minimum absolute atomic E-state index is 0.185. The Bertz CT molecular complexity index is 270. The van der Waals surface area contributed by atoms with Gasteiger partial charge in [0.25, 0.3) is 0 Å². The van der Waals surface area contributed by atoms with Crippen LogP contribution < -0.4 is 11.1 Å². The zero-order valence-corrected chi connectivity index (χ0v) is 14.4. The largest absolute Gasteiger partial charge is 0.356 e. The summed E-state index contributed by atoms with van der Waals surface area (Å²) in [4.78, 5) is 21.8. The van der Waals surface area contributed by atoms with E-state index >= 15 is 0 Å². The molecule has 0 aliphatic rings. The van der Waals surface area contributed by atoms with E-state index in [2.05, 4.69) is 12.2 Å². The summed E-state index contributed by atoms with van der Waals surface area (Å²) >= 11 is 0. The lowest BCUT2D eigenvalue weighted by Crippen LogP contribution is -2.23. The van der Waals surface area contributed by atoms with Crippen molar-refractivity contribution in [3.8, 4) is 0 Å². The molecule has 22 heavy (non-hydrogen) atoms. The topological polar surface area (TPSA) is 72.2 Å². The Morgan fingerprint density at radius 1 is 1.00 bits per heavy atom. The predicted molar refractivity (Wildman–Crippen MR) is 92.7 cm³/mol. The van der Waals surface area contributed by atoms with Gasteiger partial charge in [-0.1, -0.05) is 45.4 Å². The predicted octanol–water partition coefficient (Wildman–Crippen LogP) is 3.58. The van der Waals surface area contributed by atoms with Crippen LogP contribution in [0.5, 0.6) is 0 Å². The van der Waals surface area contributed by atoms with Gasteiger partial charge in [0.2, 0.25) is 5.91 Å². The average Bonchev–Trinajstić information content (AvgIpc) is 2.52. The van der Waals surface area contributed by atoms with Crippen molar-refractivity contribution in [3.63, 3.8) is 0 Å². The molecule has 0 aromatic rings. The highest BCUT2D eigenvalue weighted by atomic mass is 16.1. The third-order valence-electron chi connectivity index (χ3n) is 4.07. The Morgan fingerprint density at radius 3 is 2.36 bits per heavy atom. The Kier molecular flexibility index (Phi) is 15.8. The molecule has 1 unspecified atom stereocenters. The summed E-state index contributed by atoms with van der Waals surface area (Å²) in [6.45, 7) is 3.79. The fraction of sp³-hybridized carbons (Fsp3) is 0.889. The van der Waals surface area contributed by atoms with Crippen molar-refractivity contribution in [3.05, 3.63) is 0 Å². The summed E-state index contributed by atoms with van der Waals surface area (Å²) < 4.78 is 0. The second-order valence-electron chi connectivity index (χ2n) is 6.37. The van der Waals surface area contributed by atoms with E-state index in [9.17, 15) is 9.59 Å². The third-order valence-corrected chi connectivity index (χ3v) is 4.07. The summed E-state index contributed by atoms with van der Waals surface area (Å²) in [6, 6.07) is 0. The number of nitrogens with two attached hydrogens (primary N) is 1. The lowest BCUT2D eigenvalue weighted by atomic mass is 10.0. The van der Waals surface area contributed by atoms with Crippen molar-refractivity contribution in [1.82, 2.24) is 5.32 Å². The number of aldehydes is 1. The van der Waals surface area contributed by atoms with Gasteiger partial charge in [-0.2, -0.15) is 0 Å². The van der Waals surface area contributed by atoms with Crippen LogP contribution in [0.4, 0.5) is 0 Å². The zero-order chi connectivity index (χ0) is 16.5. The molecule has 0 aromatic heterocycles. The Morgan fingerprint density at radius 2 is 1.64 bits per heavy atom. The van der Waals surface area contributed by atoms with Gasteiger partial charge in [0.1, 0.15) is 6.29 Å². The van der Waals surface area contributed by atoms with Crippen LogP contribution in [0.1, 0.15) is 84.0 Å². The normalized spacial score (nSPS) is 12.1. The second kappa shape index (κ2) is 16.5. The molecule has 0 rings (SSSR count). The van der Waals surface area contributed by atoms with Crippen LogP contribution >= 0.6 is 0 Å². The van der Waals surface area contributed by atoms with Gasteiger partial charge in [-0.15, -0.1) is 0 Å². The quantitative estimate of drug-likeness (QED) is 0.338.